The average Bonchev–Trinajstić information content (AvgIpc) is 2.29. The first kappa shape index (κ1) is 9.52. The van der Waals surface area contributed by atoms with Gasteiger partial charge < -0.3 is 0 Å². The zero-order chi connectivity index (χ0) is 10.7. The molecule has 2 aromatic rings. The predicted octanol–water partition coefficient (Wildman–Crippen LogP) is 2.70. The third-order valence-electron chi connectivity index (χ3n) is 2.01. The molecule has 0 radical (unpaired) electrons. The van der Waals surface area contributed by atoms with E-state index in [9.17, 15) is 9.18 Å². The Labute approximate surface area is 86.4 Å². The summed E-state index contributed by atoms with van der Waals surface area (Å²) in [4.78, 5) is 14.6. The summed E-state index contributed by atoms with van der Waals surface area (Å²) in [6, 6.07) is 11.2. The van der Waals surface area contributed by atoms with Crippen LogP contribution in [0.1, 0.15) is 10.5 Å². The van der Waals surface area contributed by atoms with Gasteiger partial charge in [-0.2, -0.15) is 0 Å². The Kier molecular flexibility index (Phi) is 2.54. The highest BCUT2D eigenvalue weighted by Gasteiger charge is 2.01. The number of halogens is 1. The molecule has 0 saturated heterocycles. The maximum absolute atomic E-state index is 12.9. The number of carbonyl (C=O) groups is 1. The molecule has 1 aromatic heterocycles. The van der Waals surface area contributed by atoms with E-state index < -0.39 is 0 Å². The van der Waals surface area contributed by atoms with Gasteiger partial charge in [0.05, 0.1) is 5.69 Å². The molecule has 0 saturated carbocycles. The molecular formula is C12H8FNO. The van der Waals surface area contributed by atoms with Crippen molar-refractivity contribution in [1.29, 1.82) is 0 Å². The lowest BCUT2D eigenvalue weighted by Crippen LogP contribution is -1.89. The van der Waals surface area contributed by atoms with Crippen LogP contribution < -0.4 is 0 Å². The number of benzene rings is 1. The van der Waals surface area contributed by atoms with Gasteiger partial charge in [0.15, 0.2) is 6.29 Å². The molecular weight excluding hydrogens is 193 g/mol. The van der Waals surface area contributed by atoms with Crippen LogP contribution in [0.25, 0.3) is 11.3 Å². The summed E-state index contributed by atoms with van der Waals surface area (Å²) < 4.78 is 12.9. The third kappa shape index (κ3) is 2.07. The maximum Gasteiger partial charge on any atom is 0.168 e. The van der Waals surface area contributed by atoms with E-state index in [0.717, 1.165) is 0 Å². The molecule has 0 N–H and O–H groups in total. The Bertz CT molecular complexity index is 496. The van der Waals surface area contributed by atoms with Gasteiger partial charge in [0.2, 0.25) is 0 Å². The van der Waals surface area contributed by atoms with E-state index in [1.54, 1.807) is 30.3 Å². The van der Waals surface area contributed by atoms with Crippen LogP contribution in [-0.4, -0.2) is 11.3 Å². The standard InChI is InChI=1S/C12H8FNO/c13-10-4-1-3-9(7-10)12-6-2-5-11(8-15)14-12/h1-8H. The van der Waals surface area contributed by atoms with Crippen LogP contribution in [-0.2, 0) is 0 Å². The molecule has 1 aromatic carbocycles. The van der Waals surface area contributed by atoms with E-state index >= 15 is 0 Å². The van der Waals surface area contributed by atoms with Crippen molar-refractivity contribution in [3.63, 3.8) is 0 Å². The van der Waals surface area contributed by atoms with E-state index in [1.165, 1.54) is 12.1 Å². The Balaban J connectivity index is 2.49. The maximum atomic E-state index is 12.9. The lowest BCUT2D eigenvalue weighted by molar-refractivity contribution is 0.111. The van der Waals surface area contributed by atoms with Gasteiger partial charge in [0.25, 0.3) is 0 Å². The van der Waals surface area contributed by atoms with Gasteiger partial charge >= 0.3 is 0 Å². The molecule has 0 unspecified atom stereocenters. The highest BCUT2D eigenvalue weighted by molar-refractivity contribution is 5.73. The SMILES string of the molecule is O=Cc1cccc(-c2cccc(F)c2)n1. The molecule has 0 aliphatic heterocycles. The highest BCUT2D eigenvalue weighted by Crippen LogP contribution is 2.17. The molecule has 0 atom stereocenters. The van der Waals surface area contributed by atoms with E-state index in [0.29, 0.717) is 23.2 Å². The van der Waals surface area contributed by atoms with Crippen LogP contribution in [0.15, 0.2) is 42.5 Å². The lowest BCUT2D eigenvalue weighted by atomic mass is 10.1. The minimum Gasteiger partial charge on any atom is -0.296 e. The van der Waals surface area contributed by atoms with Crippen LogP contribution in [0.3, 0.4) is 0 Å². The normalized spacial score (nSPS) is 9.93. The van der Waals surface area contributed by atoms with Crippen molar-refractivity contribution in [1.82, 2.24) is 4.98 Å². The number of aldehydes is 1. The number of aromatic nitrogens is 1. The summed E-state index contributed by atoms with van der Waals surface area (Å²) in [6.07, 6.45) is 0.669. The Morgan fingerprint density at radius 2 is 1.93 bits per heavy atom. The first-order chi connectivity index (χ1) is 7.29. The number of rotatable bonds is 2. The van der Waals surface area contributed by atoms with Gasteiger partial charge in [-0.3, -0.25) is 4.79 Å². The summed E-state index contributed by atoms with van der Waals surface area (Å²) in [5.74, 6) is -0.314. The van der Waals surface area contributed by atoms with Crippen molar-refractivity contribution >= 4 is 6.29 Å². The predicted molar refractivity (Wildman–Crippen MR) is 55.0 cm³/mol. The molecule has 0 spiro atoms. The van der Waals surface area contributed by atoms with E-state index in [1.807, 2.05) is 0 Å². The van der Waals surface area contributed by atoms with Crippen LogP contribution in [0, 0.1) is 5.82 Å². The van der Waals surface area contributed by atoms with Gasteiger partial charge in [-0.05, 0) is 24.3 Å². The van der Waals surface area contributed by atoms with Gasteiger partial charge in [-0.1, -0.05) is 18.2 Å². The minimum absolute atomic E-state index is 0.314. The molecule has 1 heterocycles. The number of carbonyl (C=O) groups excluding carboxylic acids is 1. The van der Waals surface area contributed by atoms with Crippen LogP contribution in [0.5, 0.6) is 0 Å². The van der Waals surface area contributed by atoms with Gasteiger partial charge in [0.1, 0.15) is 11.5 Å². The van der Waals surface area contributed by atoms with Crippen molar-refractivity contribution in [2.24, 2.45) is 0 Å². The smallest absolute Gasteiger partial charge is 0.168 e. The zero-order valence-corrected chi connectivity index (χ0v) is 7.85. The van der Waals surface area contributed by atoms with Crippen LogP contribution in [0.2, 0.25) is 0 Å². The summed E-state index contributed by atoms with van der Waals surface area (Å²) in [5, 5.41) is 0. The summed E-state index contributed by atoms with van der Waals surface area (Å²) in [7, 11) is 0. The molecule has 74 valence electrons. The largest absolute Gasteiger partial charge is 0.296 e. The Hall–Kier alpha value is -2.03. The molecule has 2 rings (SSSR count). The van der Waals surface area contributed by atoms with Crippen molar-refractivity contribution in [3.05, 3.63) is 54.0 Å². The number of nitrogens with zero attached hydrogens (tertiary/aromatic N) is 1. The Morgan fingerprint density at radius 1 is 1.13 bits per heavy atom. The number of hydrogen-bond acceptors (Lipinski definition) is 2. The fourth-order valence-corrected chi connectivity index (χ4v) is 1.33. The second-order valence-electron chi connectivity index (χ2n) is 3.08. The van der Waals surface area contributed by atoms with Crippen LogP contribution >= 0.6 is 0 Å². The van der Waals surface area contributed by atoms with E-state index in [4.69, 9.17) is 0 Å². The van der Waals surface area contributed by atoms with Gasteiger partial charge in [-0.25, -0.2) is 9.37 Å². The van der Waals surface area contributed by atoms with Crippen molar-refractivity contribution in [2.45, 2.75) is 0 Å². The van der Waals surface area contributed by atoms with Crippen molar-refractivity contribution in [2.75, 3.05) is 0 Å². The monoisotopic (exact) mass is 201 g/mol. The van der Waals surface area contributed by atoms with E-state index in [-0.39, 0.29) is 5.82 Å². The summed E-state index contributed by atoms with van der Waals surface area (Å²) in [5.41, 5.74) is 1.61. The fraction of sp³-hybridized carbons (Fsp3) is 0. The summed E-state index contributed by atoms with van der Waals surface area (Å²) in [6.45, 7) is 0. The number of hydrogen-bond donors (Lipinski definition) is 0. The lowest BCUT2D eigenvalue weighted by Gasteiger charge is -2.00. The van der Waals surface area contributed by atoms with Gasteiger partial charge in [0, 0.05) is 5.56 Å². The van der Waals surface area contributed by atoms with Crippen molar-refractivity contribution in [3.8, 4) is 11.3 Å². The number of pyridine rings is 1. The molecule has 2 nitrogen and oxygen atoms in total. The molecule has 0 bridgehead atoms. The second-order valence-corrected chi connectivity index (χ2v) is 3.08. The van der Waals surface area contributed by atoms with Gasteiger partial charge in [-0.15, -0.1) is 0 Å². The molecule has 15 heavy (non-hydrogen) atoms. The second kappa shape index (κ2) is 4.00. The molecule has 0 aliphatic carbocycles. The van der Waals surface area contributed by atoms with E-state index in [2.05, 4.69) is 4.98 Å². The Morgan fingerprint density at radius 3 is 2.67 bits per heavy atom. The first-order valence-corrected chi connectivity index (χ1v) is 4.48. The molecule has 0 fully saturated rings. The van der Waals surface area contributed by atoms with Crippen LogP contribution in [0.4, 0.5) is 4.39 Å². The summed E-state index contributed by atoms with van der Waals surface area (Å²) >= 11 is 0. The quantitative estimate of drug-likeness (QED) is 0.699. The zero-order valence-electron chi connectivity index (χ0n) is 7.85. The topological polar surface area (TPSA) is 30.0 Å². The first-order valence-electron chi connectivity index (χ1n) is 4.48. The molecule has 0 amide bonds. The third-order valence-corrected chi connectivity index (χ3v) is 2.01. The molecule has 0 aliphatic rings. The molecule has 3 heteroatoms. The minimum atomic E-state index is -0.314. The average molecular weight is 201 g/mol. The highest BCUT2D eigenvalue weighted by atomic mass is 19.1. The fourth-order valence-electron chi connectivity index (χ4n) is 1.33. The van der Waals surface area contributed by atoms with Crippen molar-refractivity contribution < 1.29 is 9.18 Å².